The number of anilines is 2. The average Bonchev–Trinajstić information content (AvgIpc) is 3.01. The second-order valence-corrected chi connectivity index (χ2v) is 5.62. The van der Waals surface area contributed by atoms with Crippen LogP contribution in [0.4, 0.5) is 11.8 Å². The first-order valence-electron chi connectivity index (χ1n) is 7.43. The van der Waals surface area contributed by atoms with Crippen molar-refractivity contribution in [2.24, 2.45) is 0 Å². The Morgan fingerprint density at radius 1 is 1.48 bits per heavy atom. The lowest BCUT2D eigenvalue weighted by Crippen LogP contribution is -2.39. The molecule has 1 atom stereocenters. The molecule has 7 heteroatoms. The lowest BCUT2D eigenvalue weighted by Gasteiger charge is -2.22. The van der Waals surface area contributed by atoms with E-state index in [1.54, 1.807) is 6.20 Å². The maximum atomic E-state index is 12.3. The zero-order valence-corrected chi connectivity index (χ0v) is 13.3. The normalized spacial score (nSPS) is 15.9. The highest BCUT2D eigenvalue weighted by atomic mass is 35.5. The number of hydrogen-bond donors (Lipinski definition) is 2. The van der Waals surface area contributed by atoms with Crippen molar-refractivity contribution in [1.82, 2.24) is 14.9 Å². The molecule has 1 aliphatic rings. The van der Waals surface area contributed by atoms with Crippen LogP contribution in [0.15, 0.2) is 6.20 Å². The summed E-state index contributed by atoms with van der Waals surface area (Å²) in [6.45, 7) is 6.37. The molecular formula is C14H22ClN5O. The predicted octanol–water partition coefficient (Wildman–Crippen LogP) is 2.37. The number of carbonyl (C=O) groups excluding carboxylic acids is 1. The minimum atomic E-state index is -0.352. The van der Waals surface area contributed by atoms with E-state index >= 15 is 0 Å². The van der Waals surface area contributed by atoms with Crippen LogP contribution >= 0.6 is 11.6 Å². The molecule has 0 radical (unpaired) electrons. The summed E-state index contributed by atoms with van der Waals surface area (Å²) >= 11 is 6.10. The van der Waals surface area contributed by atoms with Crippen LogP contribution in [-0.2, 0) is 4.79 Å². The van der Waals surface area contributed by atoms with E-state index in [2.05, 4.69) is 27.5 Å². The number of aromatic nitrogens is 2. The van der Waals surface area contributed by atoms with Gasteiger partial charge in [-0.2, -0.15) is 4.98 Å². The average molecular weight is 312 g/mol. The fourth-order valence-corrected chi connectivity index (χ4v) is 2.41. The van der Waals surface area contributed by atoms with E-state index in [1.165, 1.54) is 0 Å². The third kappa shape index (κ3) is 4.20. The summed E-state index contributed by atoms with van der Waals surface area (Å²) in [5, 5.41) is 6.61. The van der Waals surface area contributed by atoms with Crippen molar-refractivity contribution < 1.29 is 4.79 Å². The fraction of sp³-hybridized carbons (Fsp3) is 0.643. The van der Waals surface area contributed by atoms with Crippen LogP contribution in [0.3, 0.4) is 0 Å². The molecule has 0 spiro atoms. The van der Waals surface area contributed by atoms with Gasteiger partial charge in [-0.05, 0) is 26.2 Å². The Bertz CT molecular complexity index is 490. The summed E-state index contributed by atoms with van der Waals surface area (Å²) in [5.74, 6) is 1.10. The van der Waals surface area contributed by atoms with Gasteiger partial charge in [0.05, 0.1) is 6.20 Å². The molecule has 0 bridgehead atoms. The number of rotatable bonds is 6. The number of nitrogens with zero attached hydrogens (tertiary/aromatic N) is 3. The predicted molar refractivity (Wildman–Crippen MR) is 84.7 cm³/mol. The second-order valence-electron chi connectivity index (χ2n) is 5.22. The Labute approximate surface area is 130 Å². The number of carbonyl (C=O) groups is 1. The molecule has 116 valence electrons. The Kier molecular flexibility index (Phi) is 5.61. The van der Waals surface area contributed by atoms with Crippen molar-refractivity contribution >= 4 is 29.3 Å². The van der Waals surface area contributed by atoms with Gasteiger partial charge in [-0.25, -0.2) is 4.98 Å². The fourth-order valence-electron chi connectivity index (χ4n) is 2.27. The summed E-state index contributed by atoms with van der Waals surface area (Å²) in [6.07, 6.45) is 4.69. The molecule has 1 fully saturated rings. The number of nitrogens with one attached hydrogen (secondary N) is 2. The van der Waals surface area contributed by atoms with Gasteiger partial charge >= 0.3 is 0 Å². The molecule has 1 aliphatic heterocycles. The van der Waals surface area contributed by atoms with E-state index in [1.807, 2.05) is 11.8 Å². The van der Waals surface area contributed by atoms with Crippen molar-refractivity contribution in [2.75, 3.05) is 30.3 Å². The highest BCUT2D eigenvalue weighted by Crippen LogP contribution is 2.21. The summed E-state index contributed by atoms with van der Waals surface area (Å²) < 4.78 is 0. The van der Waals surface area contributed by atoms with Gasteiger partial charge in [0.15, 0.2) is 5.82 Å². The quantitative estimate of drug-likeness (QED) is 0.844. The Hall–Kier alpha value is -1.56. The van der Waals surface area contributed by atoms with Gasteiger partial charge in [0.2, 0.25) is 11.9 Å². The Morgan fingerprint density at radius 3 is 2.86 bits per heavy atom. The largest absolute Gasteiger partial charge is 0.357 e. The van der Waals surface area contributed by atoms with Gasteiger partial charge in [0, 0.05) is 19.6 Å². The van der Waals surface area contributed by atoms with Gasteiger partial charge in [-0.1, -0.05) is 18.5 Å². The van der Waals surface area contributed by atoms with Gasteiger partial charge in [0.1, 0.15) is 11.1 Å². The van der Waals surface area contributed by atoms with E-state index in [0.717, 1.165) is 38.9 Å². The third-order valence-electron chi connectivity index (χ3n) is 3.42. The van der Waals surface area contributed by atoms with Crippen molar-refractivity contribution in [3.05, 3.63) is 11.2 Å². The molecule has 0 aliphatic carbocycles. The first kappa shape index (κ1) is 15.8. The van der Waals surface area contributed by atoms with Crippen molar-refractivity contribution in [3.63, 3.8) is 0 Å². The van der Waals surface area contributed by atoms with E-state index in [0.29, 0.717) is 16.8 Å². The van der Waals surface area contributed by atoms with Gasteiger partial charge in [-0.15, -0.1) is 0 Å². The van der Waals surface area contributed by atoms with Crippen LogP contribution in [0.25, 0.3) is 0 Å². The molecule has 2 heterocycles. The molecule has 2 rings (SSSR count). The summed E-state index contributed by atoms with van der Waals surface area (Å²) in [7, 11) is 0. The highest BCUT2D eigenvalue weighted by Gasteiger charge is 2.24. The number of amides is 1. The van der Waals surface area contributed by atoms with Crippen LogP contribution in [0.5, 0.6) is 0 Å². The zero-order valence-electron chi connectivity index (χ0n) is 12.5. The maximum absolute atomic E-state index is 12.3. The van der Waals surface area contributed by atoms with E-state index < -0.39 is 0 Å². The molecule has 1 saturated heterocycles. The lowest BCUT2D eigenvalue weighted by atomic mass is 10.3. The topological polar surface area (TPSA) is 70.2 Å². The molecule has 0 saturated carbocycles. The van der Waals surface area contributed by atoms with Gasteiger partial charge in [0.25, 0.3) is 0 Å². The van der Waals surface area contributed by atoms with Crippen molar-refractivity contribution in [1.29, 1.82) is 0 Å². The summed E-state index contributed by atoms with van der Waals surface area (Å²) in [5.41, 5.74) is 0. The zero-order chi connectivity index (χ0) is 15.2. The third-order valence-corrected chi connectivity index (χ3v) is 3.70. The highest BCUT2D eigenvalue weighted by molar-refractivity contribution is 6.32. The first-order chi connectivity index (χ1) is 10.1. The molecule has 1 unspecified atom stereocenters. The van der Waals surface area contributed by atoms with E-state index in [4.69, 9.17) is 11.6 Å². The molecule has 1 aromatic rings. The van der Waals surface area contributed by atoms with Gasteiger partial charge in [-0.3, -0.25) is 4.79 Å². The summed E-state index contributed by atoms with van der Waals surface area (Å²) in [4.78, 5) is 22.6. The van der Waals surface area contributed by atoms with Crippen molar-refractivity contribution in [2.45, 2.75) is 39.2 Å². The Morgan fingerprint density at radius 2 is 2.19 bits per heavy atom. The smallest absolute Gasteiger partial charge is 0.244 e. The lowest BCUT2D eigenvalue weighted by molar-refractivity contribution is -0.130. The SMILES string of the molecule is CCCNc1ncc(Cl)c(NC(C)C(=O)N2CCCC2)n1. The van der Waals surface area contributed by atoms with E-state index in [-0.39, 0.29) is 11.9 Å². The first-order valence-corrected chi connectivity index (χ1v) is 7.81. The number of halogens is 1. The monoisotopic (exact) mass is 311 g/mol. The van der Waals surface area contributed by atoms with Crippen LogP contribution in [-0.4, -0.2) is 46.5 Å². The number of likely N-dealkylation sites (tertiary alicyclic amines) is 1. The molecular weight excluding hydrogens is 290 g/mol. The minimum absolute atomic E-state index is 0.0882. The van der Waals surface area contributed by atoms with Crippen LogP contribution in [0, 0.1) is 0 Å². The second kappa shape index (κ2) is 7.45. The maximum Gasteiger partial charge on any atom is 0.244 e. The van der Waals surface area contributed by atoms with Gasteiger partial charge < -0.3 is 15.5 Å². The molecule has 1 amide bonds. The van der Waals surface area contributed by atoms with Crippen LogP contribution < -0.4 is 10.6 Å². The molecule has 0 aromatic carbocycles. The van der Waals surface area contributed by atoms with Crippen molar-refractivity contribution in [3.8, 4) is 0 Å². The Balaban J connectivity index is 2.01. The molecule has 6 nitrogen and oxygen atoms in total. The van der Waals surface area contributed by atoms with E-state index in [9.17, 15) is 4.79 Å². The standard InChI is InChI=1S/C14H22ClN5O/c1-3-6-16-14-17-9-11(15)12(19-14)18-10(2)13(21)20-7-4-5-8-20/h9-10H,3-8H2,1-2H3,(H2,16,17,18,19). The molecule has 2 N–H and O–H groups in total. The van der Waals surface area contributed by atoms with Crippen LogP contribution in [0.2, 0.25) is 5.02 Å². The van der Waals surface area contributed by atoms with Crippen LogP contribution in [0.1, 0.15) is 33.1 Å². The molecule has 21 heavy (non-hydrogen) atoms. The summed E-state index contributed by atoms with van der Waals surface area (Å²) in [6, 6.07) is -0.352. The minimum Gasteiger partial charge on any atom is -0.357 e. The number of hydrogen-bond acceptors (Lipinski definition) is 5. The molecule has 1 aromatic heterocycles.